The van der Waals surface area contributed by atoms with E-state index in [9.17, 15) is 4.39 Å². The number of aromatic nitrogens is 2. The van der Waals surface area contributed by atoms with Gasteiger partial charge in [-0.1, -0.05) is 0 Å². The van der Waals surface area contributed by atoms with Crippen molar-refractivity contribution < 1.29 is 13.9 Å². The first-order valence-electron chi connectivity index (χ1n) is 10.8. The van der Waals surface area contributed by atoms with E-state index in [1.165, 1.54) is 12.4 Å². The van der Waals surface area contributed by atoms with E-state index in [-0.39, 0.29) is 5.82 Å². The lowest BCUT2D eigenvalue weighted by Crippen LogP contribution is -2.36. The summed E-state index contributed by atoms with van der Waals surface area (Å²) in [5, 5.41) is 4.24. The fraction of sp³-hybridized carbons (Fsp3) is 0.417. The summed E-state index contributed by atoms with van der Waals surface area (Å²) in [7, 11) is 1.69. The summed E-state index contributed by atoms with van der Waals surface area (Å²) in [6.45, 7) is 6.56. The molecule has 0 saturated carbocycles. The molecule has 2 heterocycles. The summed E-state index contributed by atoms with van der Waals surface area (Å²) < 4.78 is 24.7. The molecule has 6 nitrogen and oxygen atoms in total. The Hall–Kier alpha value is -2.77. The Kier molecular flexibility index (Phi) is 6.94. The summed E-state index contributed by atoms with van der Waals surface area (Å²) in [6, 6.07) is 9.03. The minimum absolute atomic E-state index is 0.220. The van der Waals surface area contributed by atoms with Crippen LogP contribution in [0.2, 0.25) is 0 Å². The fourth-order valence-electron chi connectivity index (χ4n) is 3.95. The van der Waals surface area contributed by atoms with Crippen LogP contribution in [-0.2, 0) is 11.2 Å². The Bertz CT molecular complexity index is 1040. The maximum absolute atomic E-state index is 13.6. The van der Waals surface area contributed by atoms with E-state index in [0.29, 0.717) is 11.4 Å². The molecular formula is C24H29FN4O2. The van der Waals surface area contributed by atoms with Gasteiger partial charge in [-0.25, -0.2) is 14.4 Å². The molecule has 0 bridgehead atoms. The van der Waals surface area contributed by atoms with Gasteiger partial charge in [-0.3, -0.25) is 4.90 Å². The summed E-state index contributed by atoms with van der Waals surface area (Å²) in [5.41, 5.74) is 3.34. The normalized spacial score (nSPS) is 14.7. The molecule has 31 heavy (non-hydrogen) atoms. The largest absolute Gasteiger partial charge is 0.496 e. The molecule has 7 heteroatoms. The number of anilines is 2. The van der Waals surface area contributed by atoms with Gasteiger partial charge in [0.2, 0.25) is 0 Å². The first-order valence-corrected chi connectivity index (χ1v) is 10.8. The van der Waals surface area contributed by atoms with Crippen LogP contribution < -0.4 is 10.1 Å². The van der Waals surface area contributed by atoms with Gasteiger partial charge < -0.3 is 14.8 Å². The molecule has 0 radical (unpaired) electrons. The van der Waals surface area contributed by atoms with Crippen LogP contribution in [0.3, 0.4) is 0 Å². The lowest BCUT2D eigenvalue weighted by Gasteiger charge is -2.26. The molecule has 1 saturated heterocycles. The van der Waals surface area contributed by atoms with Crippen molar-refractivity contribution in [3.8, 4) is 5.75 Å². The quantitative estimate of drug-likeness (QED) is 0.538. The number of benzene rings is 2. The molecule has 2 aromatic carbocycles. The van der Waals surface area contributed by atoms with Gasteiger partial charge >= 0.3 is 0 Å². The van der Waals surface area contributed by atoms with Crippen molar-refractivity contribution in [3.63, 3.8) is 0 Å². The molecular weight excluding hydrogens is 395 g/mol. The monoisotopic (exact) mass is 424 g/mol. The maximum Gasteiger partial charge on any atom is 0.141 e. The minimum atomic E-state index is -0.220. The Morgan fingerprint density at radius 1 is 1.13 bits per heavy atom. The molecule has 1 aromatic heterocycles. The lowest BCUT2D eigenvalue weighted by molar-refractivity contribution is 0.0372. The average Bonchev–Trinajstić information content (AvgIpc) is 2.79. The standard InChI is InChI=1S/C24H29FN4O2/c1-17-13-19(6-7-21(17)25)28-24-20-14-18(23(30-2)15-22(20)26-16-27-24)5-3-4-8-29-9-11-31-12-10-29/h6-7,13-16H,3-5,8-12H2,1-2H3,(H,26,27,28). The number of aryl methyl sites for hydroxylation is 2. The van der Waals surface area contributed by atoms with E-state index in [0.717, 1.165) is 80.0 Å². The van der Waals surface area contributed by atoms with Crippen LogP contribution in [0.25, 0.3) is 10.9 Å². The van der Waals surface area contributed by atoms with Gasteiger partial charge in [-0.05, 0) is 68.1 Å². The van der Waals surface area contributed by atoms with Gasteiger partial charge in [-0.2, -0.15) is 0 Å². The van der Waals surface area contributed by atoms with Crippen molar-refractivity contribution in [3.05, 3.63) is 53.6 Å². The van der Waals surface area contributed by atoms with Crippen molar-refractivity contribution in [1.29, 1.82) is 0 Å². The number of ether oxygens (including phenoxy) is 2. The van der Waals surface area contributed by atoms with Gasteiger partial charge in [0, 0.05) is 30.2 Å². The van der Waals surface area contributed by atoms with Crippen LogP contribution in [0.4, 0.5) is 15.9 Å². The average molecular weight is 425 g/mol. The van der Waals surface area contributed by atoms with Crippen LogP contribution in [0.15, 0.2) is 36.7 Å². The third-order valence-electron chi connectivity index (χ3n) is 5.73. The van der Waals surface area contributed by atoms with Crippen LogP contribution in [-0.4, -0.2) is 54.8 Å². The topological polar surface area (TPSA) is 59.5 Å². The number of methoxy groups -OCH3 is 1. The summed E-state index contributed by atoms with van der Waals surface area (Å²) in [5.74, 6) is 1.33. The van der Waals surface area contributed by atoms with E-state index < -0.39 is 0 Å². The predicted molar refractivity (Wildman–Crippen MR) is 121 cm³/mol. The molecule has 0 amide bonds. The van der Waals surface area contributed by atoms with Crippen LogP contribution in [0.5, 0.6) is 5.75 Å². The van der Waals surface area contributed by atoms with Crippen LogP contribution in [0.1, 0.15) is 24.0 Å². The molecule has 0 unspecified atom stereocenters. The number of nitrogens with zero attached hydrogens (tertiary/aromatic N) is 3. The Morgan fingerprint density at radius 3 is 2.74 bits per heavy atom. The Balaban J connectivity index is 1.51. The van der Waals surface area contributed by atoms with Crippen molar-refractivity contribution in [2.24, 2.45) is 0 Å². The third kappa shape index (κ3) is 5.29. The van der Waals surface area contributed by atoms with Crippen molar-refractivity contribution in [1.82, 2.24) is 14.9 Å². The zero-order chi connectivity index (χ0) is 21.6. The van der Waals surface area contributed by atoms with Gasteiger partial charge in [-0.15, -0.1) is 0 Å². The molecule has 1 aliphatic heterocycles. The SMILES string of the molecule is COc1cc2ncnc(Nc3ccc(F)c(C)c3)c2cc1CCCCN1CCOCC1. The number of hydrogen-bond donors (Lipinski definition) is 1. The van der Waals surface area contributed by atoms with E-state index in [1.54, 1.807) is 26.2 Å². The minimum Gasteiger partial charge on any atom is -0.496 e. The third-order valence-corrected chi connectivity index (χ3v) is 5.73. The van der Waals surface area contributed by atoms with E-state index in [2.05, 4.69) is 26.3 Å². The molecule has 4 rings (SSSR count). The predicted octanol–water partition coefficient (Wildman–Crippen LogP) is 4.48. The smallest absolute Gasteiger partial charge is 0.141 e. The number of halogens is 1. The first kappa shape index (κ1) is 21.5. The number of nitrogens with one attached hydrogen (secondary N) is 1. The first-order chi connectivity index (χ1) is 15.1. The van der Waals surface area contributed by atoms with Crippen LogP contribution in [0, 0.1) is 12.7 Å². The van der Waals surface area contributed by atoms with Crippen molar-refractivity contribution >= 4 is 22.4 Å². The summed E-state index contributed by atoms with van der Waals surface area (Å²) >= 11 is 0. The Labute approximate surface area is 182 Å². The molecule has 3 aromatic rings. The highest BCUT2D eigenvalue weighted by Gasteiger charge is 2.13. The second-order valence-electron chi connectivity index (χ2n) is 7.90. The van der Waals surface area contributed by atoms with E-state index in [4.69, 9.17) is 9.47 Å². The molecule has 1 aliphatic rings. The van der Waals surface area contributed by atoms with E-state index >= 15 is 0 Å². The van der Waals surface area contributed by atoms with E-state index in [1.807, 2.05) is 6.07 Å². The summed E-state index contributed by atoms with van der Waals surface area (Å²) in [6.07, 6.45) is 4.66. The van der Waals surface area contributed by atoms with Gasteiger partial charge in [0.15, 0.2) is 0 Å². The highest BCUT2D eigenvalue weighted by molar-refractivity contribution is 5.92. The molecule has 1 fully saturated rings. The molecule has 0 spiro atoms. The van der Waals surface area contributed by atoms with Gasteiger partial charge in [0.1, 0.15) is 23.7 Å². The second-order valence-corrected chi connectivity index (χ2v) is 7.90. The van der Waals surface area contributed by atoms with Crippen molar-refractivity contribution in [2.75, 3.05) is 45.3 Å². The number of morpholine rings is 1. The number of fused-ring (bicyclic) bond motifs is 1. The molecule has 1 N–H and O–H groups in total. The summed E-state index contributed by atoms with van der Waals surface area (Å²) in [4.78, 5) is 11.3. The maximum atomic E-state index is 13.6. The second kappa shape index (κ2) is 10.0. The Morgan fingerprint density at radius 2 is 1.97 bits per heavy atom. The molecule has 0 atom stereocenters. The highest BCUT2D eigenvalue weighted by atomic mass is 19.1. The van der Waals surface area contributed by atoms with Crippen molar-refractivity contribution in [2.45, 2.75) is 26.2 Å². The van der Waals surface area contributed by atoms with Crippen LogP contribution >= 0.6 is 0 Å². The number of rotatable bonds is 8. The number of unbranched alkanes of at least 4 members (excludes halogenated alkanes) is 1. The fourth-order valence-corrected chi connectivity index (χ4v) is 3.95. The number of hydrogen-bond acceptors (Lipinski definition) is 6. The highest BCUT2D eigenvalue weighted by Crippen LogP contribution is 2.31. The van der Waals surface area contributed by atoms with Gasteiger partial charge in [0.25, 0.3) is 0 Å². The lowest BCUT2D eigenvalue weighted by atomic mass is 10.0. The van der Waals surface area contributed by atoms with Gasteiger partial charge in [0.05, 0.1) is 25.8 Å². The molecule has 0 aliphatic carbocycles. The zero-order valence-electron chi connectivity index (χ0n) is 18.2. The zero-order valence-corrected chi connectivity index (χ0v) is 18.2. The molecule has 164 valence electrons.